The van der Waals surface area contributed by atoms with Crippen molar-refractivity contribution in [2.75, 3.05) is 41.0 Å². The maximum atomic E-state index is 5.75. The van der Waals surface area contributed by atoms with Gasteiger partial charge in [0.15, 0.2) is 11.5 Å². The van der Waals surface area contributed by atoms with Crippen LogP contribution in [-0.2, 0) is 4.74 Å². The third-order valence-corrected chi connectivity index (χ3v) is 4.95. The second kappa shape index (κ2) is 7.45. The van der Waals surface area contributed by atoms with E-state index < -0.39 is 0 Å². The summed E-state index contributed by atoms with van der Waals surface area (Å²) in [7, 11) is 5.10. The van der Waals surface area contributed by atoms with Crippen LogP contribution in [0, 0.1) is 6.92 Å². The first-order valence-corrected chi connectivity index (χ1v) is 8.63. The van der Waals surface area contributed by atoms with Gasteiger partial charge in [-0.2, -0.15) is 0 Å². The molecule has 0 saturated carbocycles. The van der Waals surface area contributed by atoms with Crippen LogP contribution in [0.1, 0.15) is 18.5 Å². The number of rotatable bonds is 6. The number of aryl methyl sites for hydroxylation is 1. The van der Waals surface area contributed by atoms with Gasteiger partial charge in [0.1, 0.15) is 5.82 Å². The zero-order chi connectivity index (χ0) is 18.0. The van der Waals surface area contributed by atoms with Gasteiger partial charge in [0.2, 0.25) is 0 Å². The van der Waals surface area contributed by atoms with Crippen molar-refractivity contribution < 1.29 is 14.2 Å². The van der Waals surface area contributed by atoms with E-state index in [1.54, 1.807) is 21.3 Å². The summed E-state index contributed by atoms with van der Waals surface area (Å²) in [5.41, 5.74) is 2.04. The number of likely N-dealkylation sites (tertiary alicyclic amines) is 1. The summed E-state index contributed by atoms with van der Waals surface area (Å²) < 4.78 is 19.1. The van der Waals surface area contributed by atoms with Crippen molar-refractivity contribution in [1.82, 2.24) is 14.5 Å². The Kier molecular flexibility index (Phi) is 5.30. The first kappa shape index (κ1) is 17.8. The van der Waals surface area contributed by atoms with E-state index in [1.165, 1.54) is 0 Å². The van der Waals surface area contributed by atoms with Gasteiger partial charge in [0, 0.05) is 32.6 Å². The van der Waals surface area contributed by atoms with Crippen LogP contribution < -0.4 is 9.47 Å². The van der Waals surface area contributed by atoms with Crippen molar-refractivity contribution in [1.29, 1.82) is 0 Å². The second-order valence-electron chi connectivity index (χ2n) is 6.40. The summed E-state index contributed by atoms with van der Waals surface area (Å²) in [4.78, 5) is 7.03. The van der Waals surface area contributed by atoms with Gasteiger partial charge in [-0.1, -0.05) is 6.92 Å². The third-order valence-electron chi connectivity index (χ3n) is 4.95. The summed E-state index contributed by atoms with van der Waals surface area (Å²) in [6.45, 7) is 7.12. The van der Waals surface area contributed by atoms with Crippen LogP contribution >= 0.6 is 0 Å². The average molecular weight is 345 g/mol. The average Bonchev–Trinajstić information content (AvgIpc) is 3.26. The molecule has 0 spiro atoms. The minimum absolute atomic E-state index is 0.144. The molecule has 25 heavy (non-hydrogen) atoms. The highest BCUT2D eigenvalue weighted by molar-refractivity contribution is 5.70. The molecule has 1 aromatic heterocycles. The van der Waals surface area contributed by atoms with Crippen LogP contribution in [0.2, 0.25) is 0 Å². The van der Waals surface area contributed by atoms with E-state index >= 15 is 0 Å². The molecule has 1 fully saturated rings. The highest BCUT2D eigenvalue weighted by atomic mass is 16.5. The molecule has 2 atom stereocenters. The van der Waals surface area contributed by atoms with Crippen LogP contribution in [0.15, 0.2) is 24.5 Å². The largest absolute Gasteiger partial charge is 0.493 e. The van der Waals surface area contributed by atoms with Gasteiger partial charge >= 0.3 is 0 Å². The highest BCUT2D eigenvalue weighted by Crippen LogP contribution is 2.40. The molecule has 6 nitrogen and oxygen atoms in total. The first-order chi connectivity index (χ1) is 12.1. The molecule has 2 heterocycles. The Hall–Kier alpha value is -2.05. The van der Waals surface area contributed by atoms with Crippen molar-refractivity contribution in [2.24, 2.45) is 0 Å². The van der Waals surface area contributed by atoms with E-state index in [0.29, 0.717) is 5.75 Å². The smallest absolute Gasteiger partial charge is 0.171 e. The molecule has 0 N–H and O–H groups in total. The topological polar surface area (TPSA) is 48.8 Å². The van der Waals surface area contributed by atoms with Crippen molar-refractivity contribution in [2.45, 2.75) is 26.0 Å². The monoisotopic (exact) mass is 345 g/mol. The van der Waals surface area contributed by atoms with E-state index in [0.717, 1.165) is 42.3 Å². The molecule has 1 aliphatic rings. The lowest BCUT2D eigenvalue weighted by Gasteiger charge is -2.22. The number of methoxy groups -OCH3 is 3. The van der Waals surface area contributed by atoms with Gasteiger partial charge in [-0.25, -0.2) is 4.98 Å². The summed E-state index contributed by atoms with van der Waals surface area (Å²) in [5, 5.41) is 0. The van der Waals surface area contributed by atoms with Crippen LogP contribution in [0.3, 0.4) is 0 Å². The number of likely N-dealkylation sites (N-methyl/N-ethyl adjacent to an activating group) is 1. The molecule has 0 radical (unpaired) electrons. The van der Waals surface area contributed by atoms with E-state index in [-0.39, 0.29) is 12.1 Å². The third kappa shape index (κ3) is 3.24. The van der Waals surface area contributed by atoms with E-state index in [1.807, 2.05) is 25.4 Å². The van der Waals surface area contributed by atoms with Gasteiger partial charge in [-0.05, 0) is 31.2 Å². The van der Waals surface area contributed by atoms with Crippen molar-refractivity contribution in [3.05, 3.63) is 30.1 Å². The molecule has 6 heteroatoms. The minimum Gasteiger partial charge on any atom is -0.493 e. The number of hydrogen-bond acceptors (Lipinski definition) is 5. The van der Waals surface area contributed by atoms with E-state index in [9.17, 15) is 0 Å². The maximum Gasteiger partial charge on any atom is 0.171 e. The maximum absolute atomic E-state index is 5.75. The Morgan fingerprint density at radius 3 is 2.60 bits per heavy atom. The molecule has 1 saturated heterocycles. The summed E-state index contributed by atoms with van der Waals surface area (Å²) in [6, 6.07) is 4.29. The van der Waals surface area contributed by atoms with Gasteiger partial charge in [-0.15, -0.1) is 0 Å². The minimum atomic E-state index is 0.144. The zero-order valence-corrected chi connectivity index (χ0v) is 15.7. The lowest BCUT2D eigenvalue weighted by atomic mass is 10.1. The predicted molar refractivity (Wildman–Crippen MR) is 97.5 cm³/mol. The van der Waals surface area contributed by atoms with Crippen LogP contribution in [-0.4, -0.2) is 61.5 Å². The highest BCUT2D eigenvalue weighted by Gasteiger charge is 2.35. The zero-order valence-electron chi connectivity index (χ0n) is 15.7. The summed E-state index contributed by atoms with van der Waals surface area (Å²) in [6.07, 6.45) is 4.01. The molecule has 1 aromatic carbocycles. The SMILES string of the molecule is CCN1C[C@H](OC)[C@@H](n2ccnc2-c2cc(C)cc(OC)c2OC)C1. The second-order valence-corrected chi connectivity index (χ2v) is 6.40. The molecule has 2 aromatic rings. The van der Waals surface area contributed by atoms with Crippen molar-refractivity contribution in [3.8, 4) is 22.9 Å². The molecular weight excluding hydrogens is 318 g/mol. The molecule has 0 aliphatic carbocycles. The van der Waals surface area contributed by atoms with Crippen LogP contribution in [0.25, 0.3) is 11.4 Å². The molecule has 3 rings (SSSR count). The van der Waals surface area contributed by atoms with Crippen molar-refractivity contribution >= 4 is 0 Å². The number of benzene rings is 1. The molecule has 1 aliphatic heterocycles. The molecular formula is C19H27N3O3. The summed E-state index contributed by atoms with van der Waals surface area (Å²) in [5.74, 6) is 2.31. The fourth-order valence-corrected chi connectivity index (χ4v) is 3.65. The lowest BCUT2D eigenvalue weighted by molar-refractivity contribution is 0.0823. The standard InChI is InChI=1S/C19H27N3O3/c1-6-21-11-15(17(12-21)24-4)22-8-7-20-19(22)14-9-13(2)10-16(23-3)18(14)25-5/h7-10,15,17H,6,11-12H2,1-5H3/t15-,17-/m0/s1. The Morgan fingerprint density at radius 2 is 1.96 bits per heavy atom. The number of ether oxygens (including phenoxy) is 3. The molecule has 0 unspecified atom stereocenters. The van der Waals surface area contributed by atoms with E-state index in [4.69, 9.17) is 14.2 Å². The fraction of sp³-hybridized carbons (Fsp3) is 0.526. The van der Waals surface area contributed by atoms with Gasteiger partial charge < -0.3 is 18.8 Å². The molecule has 136 valence electrons. The Bertz CT molecular complexity index is 729. The number of nitrogens with zero attached hydrogens (tertiary/aromatic N) is 3. The summed E-state index contributed by atoms with van der Waals surface area (Å²) >= 11 is 0. The van der Waals surface area contributed by atoms with E-state index in [2.05, 4.69) is 27.4 Å². The normalized spacial score (nSPS) is 20.8. The van der Waals surface area contributed by atoms with Crippen molar-refractivity contribution in [3.63, 3.8) is 0 Å². The Morgan fingerprint density at radius 1 is 1.16 bits per heavy atom. The van der Waals surface area contributed by atoms with Crippen LogP contribution in [0.4, 0.5) is 0 Å². The Labute approximate surface area is 149 Å². The Balaban J connectivity index is 2.07. The lowest BCUT2D eigenvalue weighted by Crippen LogP contribution is -2.24. The van der Waals surface area contributed by atoms with Gasteiger partial charge in [0.25, 0.3) is 0 Å². The van der Waals surface area contributed by atoms with Gasteiger partial charge in [-0.3, -0.25) is 4.90 Å². The molecule has 0 amide bonds. The molecule has 0 bridgehead atoms. The first-order valence-electron chi connectivity index (χ1n) is 8.63. The predicted octanol–water partition coefficient (Wildman–Crippen LogP) is 2.77. The number of aromatic nitrogens is 2. The van der Waals surface area contributed by atoms with Gasteiger partial charge in [0.05, 0.1) is 31.9 Å². The number of hydrogen-bond donors (Lipinski definition) is 0. The quantitative estimate of drug-likeness (QED) is 0.806. The number of imidazole rings is 1. The van der Waals surface area contributed by atoms with Crippen LogP contribution in [0.5, 0.6) is 11.5 Å². The fourth-order valence-electron chi connectivity index (χ4n) is 3.65.